The van der Waals surface area contributed by atoms with E-state index >= 15 is 0 Å². The Balaban J connectivity index is 2.43. The maximum atomic E-state index is 5.15. The number of nitrogens with zero attached hydrogens (tertiary/aromatic N) is 1. The largest absolute Gasteiger partial charge is 0.383 e. The zero-order valence-corrected chi connectivity index (χ0v) is 14.9. The Morgan fingerprint density at radius 2 is 1.95 bits per heavy atom. The van der Waals surface area contributed by atoms with Crippen molar-refractivity contribution in [3.05, 3.63) is 0 Å². The van der Waals surface area contributed by atoms with Gasteiger partial charge in [0, 0.05) is 26.7 Å². The van der Waals surface area contributed by atoms with Crippen LogP contribution in [-0.2, 0) is 4.74 Å². The van der Waals surface area contributed by atoms with Crippen LogP contribution < -0.4 is 5.32 Å². The van der Waals surface area contributed by atoms with Gasteiger partial charge in [-0.3, -0.25) is 0 Å². The maximum absolute atomic E-state index is 5.15. The summed E-state index contributed by atoms with van der Waals surface area (Å²) < 4.78 is 5.15. The quantitative estimate of drug-likeness (QED) is 0.591. The van der Waals surface area contributed by atoms with Gasteiger partial charge in [0.15, 0.2) is 0 Å². The lowest BCUT2D eigenvalue weighted by Gasteiger charge is -2.42. The molecule has 0 amide bonds. The van der Waals surface area contributed by atoms with Gasteiger partial charge >= 0.3 is 0 Å². The Kier molecular flexibility index (Phi) is 9.54. The fraction of sp³-hybridized carbons (Fsp3) is 1.00. The first-order valence-electron chi connectivity index (χ1n) is 9.00. The zero-order chi connectivity index (χ0) is 15.6. The molecule has 0 atom stereocenters. The molecule has 1 saturated carbocycles. The van der Waals surface area contributed by atoms with E-state index in [0.29, 0.717) is 5.41 Å². The molecule has 3 heteroatoms. The molecule has 0 bridgehead atoms. The van der Waals surface area contributed by atoms with E-state index in [2.05, 4.69) is 31.1 Å². The summed E-state index contributed by atoms with van der Waals surface area (Å²) in [6.45, 7) is 10.1. The van der Waals surface area contributed by atoms with Gasteiger partial charge in [-0.1, -0.05) is 39.5 Å². The molecule has 1 aliphatic rings. The van der Waals surface area contributed by atoms with Gasteiger partial charge in [0.05, 0.1) is 6.61 Å². The van der Waals surface area contributed by atoms with Crippen molar-refractivity contribution in [3.8, 4) is 0 Å². The van der Waals surface area contributed by atoms with Crippen LogP contribution in [0.15, 0.2) is 0 Å². The van der Waals surface area contributed by atoms with Crippen LogP contribution in [0.2, 0.25) is 0 Å². The molecule has 126 valence electrons. The topological polar surface area (TPSA) is 24.5 Å². The number of ether oxygens (including phenoxy) is 1. The van der Waals surface area contributed by atoms with Crippen LogP contribution in [-0.4, -0.2) is 51.8 Å². The molecule has 0 heterocycles. The first-order valence-corrected chi connectivity index (χ1v) is 9.00. The van der Waals surface area contributed by atoms with E-state index in [4.69, 9.17) is 4.74 Å². The molecule has 21 heavy (non-hydrogen) atoms. The van der Waals surface area contributed by atoms with Crippen LogP contribution in [0.4, 0.5) is 0 Å². The molecule has 0 aromatic heterocycles. The van der Waals surface area contributed by atoms with Gasteiger partial charge in [-0.15, -0.1) is 0 Å². The fourth-order valence-electron chi connectivity index (χ4n) is 3.58. The van der Waals surface area contributed by atoms with Crippen molar-refractivity contribution in [2.45, 2.75) is 58.8 Å². The Bertz CT molecular complexity index is 250. The van der Waals surface area contributed by atoms with Crippen LogP contribution in [0, 0.1) is 11.3 Å². The van der Waals surface area contributed by atoms with Crippen LogP contribution in [0.25, 0.3) is 0 Å². The minimum atomic E-state index is 0.487. The number of hydrogen-bond donors (Lipinski definition) is 1. The average molecular weight is 299 g/mol. The van der Waals surface area contributed by atoms with Crippen molar-refractivity contribution in [2.24, 2.45) is 11.3 Å². The number of nitrogens with one attached hydrogen (secondary N) is 1. The Hall–Kier alpha value is -0.120. The van der Waals surface area contributed by atoms with Crippen molar-refractivity contribution in [1.29, 1.82) is 0 Å². The first-order chi connectivity index (χ1) is 10.1. The minimum absolute atomic E-state index is 0.487. The molecule has 1 rings (SSSR count). The Labute approximate surface area is 132 Å². The number of hydrogen-bond acceptors (Lipinski definition) is 3. The van der Waals surface area contributed by atoms with E-state index in [0.717, 1.165) is 25.6 Å². The summed E-state index contributed by atoms with van der Waals surface area (Å²) in [7, 11) is 4.09. The second-order valence-corrected chi connectivity index (χ2v) is 7.30. The van der Waals surface area contributed by atoms with Crippen LogP contribution in [0.3, 0.4) is 0 Å². The highest BCUT2D eigenvalue weighted by molar-refractivity contribution is 4.89. The molecule has 0 radical (unpaired) electrons. The number of unbranched alkanes of at least 4 members (excludes halogenated alkanes) is 2. The molecular weight excluding hydrogens is 260 g/mol. The van der Waals surface area contributed by atoms with Gasteiger partial charge in [-0.2, -0.15) is 0 Å². The highest BCUT2D eigenvalue weighted by Gasteiger charge is 2.34. The van der Waals surface area contributed by atoms with E-state index in [1.807, 2.05) is 0 Å². The summed E-state index contributed by atoms with van der Waals surface area (Å²) in [5, 5.41) is 3.63. The van der Waals surface area contributed by atoms with Gasteiger partial charge in [0.2, 0.25) is 0 Å². The molecule has 0 aromatic carbocycles. The maximum Gasteiger partial charge on any atom is 0.0587 e. The molecule has 1 aliphatic carbocycles. The lowest BCUT2D eigenvalue weighted by Crippen LogP contribution is -2.46. The second-order valence-electron chi connectivity index (χ2n) is 7.30. The van der Waals surface area contributed by atoms with E-state index in [1.165, 1.54) is 58.0 Å². The Morgan fingerprint density at radius 3 is 2.57 bits per heavy atom. The van der Waals surface area contributed by atoms with Crippen LogP contribution >= 0.6 is 0 Å². The third-order valence-electron chi connectivity index (χ3n) is 5.07. The summed E-state index contributed by atoms with van der Waals surface area (Å²) in [5.41, 5.74) is 0.487. The summed E-state index contributed by atoms with van der Waals surface area (Å²) in [6.07, 6.45) is 9.58. The van der Waals surface area contributed by atoms with Gasteiger partial charge in [0.1, 0.15) is 0 Å². The molecule has 0 aliphatic heterocycles. The normalized spacial score (nSPS) is 26.4. The summed E-state index contributed by atoms with van der Waals surface area (Å²) in [4.78, 5) is 2.57. The molecule has 0 saturated heterocycles. The van der Waals surface area contributed by atoms with E-state index < -0.39 is 0 Å². The van der Waals surface area contributed by atoms with E-state index in [9.17, 15) is 0 Å². The summed E-state index contributed by atoms with van der Waals surface area (Å²) >= 11 is 0. The number of methoxy groups -OCH3 is 1. The van der Waals surface area contributed by atoms with Crippen molar-refractivity contribution < 1.29 is 4.74 Å². The lowest BCUT2D eigenvalue weighted by atomic mass is 9.70. The molecule has 0 unspecified atom stereocenters. The highest BCUT2D eigenvalue weighted by Crippen LogP contribution is 2.39. The predicted octanol–water partition coefficient (Wildman–Crippen LogP) is 3.54. The van der Waals surface area contributed by atoms with Gasteiger partial charge in [0.25, 0.3) is 0 Å². The molecular formula is C18H38N2O. The van der Waals surface area contributed by atoms with Gasteiger partial charge in [-0.05, 0) is 44.2 Å². The molecule has 0 spiro atoms. The second kappa shape index (κ2) is 10.6. The SMILES string of the molecule is CCCCCN(C)CC1(CNCCOC)CCC(C)CC1. The smallest absolute Gasteiger partial charge is 0.0587 e. The Morgan fingerprint density at radius 1 is 1.24 bits per heavy atom. The molecule has 1 fully saturated rings. The molecule has 0 aromatic rings. The van der Waals surface area contributed by atoms with Crippen LogP contribution in [0.1, 0.15) is 58.8 Å². The average Bonchev–Trinajstić information content (AvgIpc) is 2.47. The van der Waals surface area contributed by atoms with Crippen molar-refractivity contribution in [3.63, 3.8) is 0 Å². The summed E-state index contributed by atoms with van der Waals surface area (Å²) in [6, 6.07) is 0. The van der Waals surface area contributed by atoms with Crippen LogP contribution in [0.5, 0.6) is 0 Å². The lowest BCUT2D eigenvalue weighted by molar-refractivity contribution is 0.0948. The standard InChI is InChI=1S/C18H38N2O/c1-5-6-7-13-20(3)16-18(15-19-12-14-21-4)10-8-17(2)9-11-18/h17,19H,5-16H2,1-4H3. The molecule has 3 nitrogen and oxygen atoms in total. The molecule has 1 N–H and O–H groups in total. The van der Waals surface area contributed by atoms with Crippen molar-refractivity contribution >= 4 is 0 Å². The number of rotatable bonds is 11. The zero-order valence-electron chi connectivity index (χ0n) is 14.9. The summed E-state index contributed by atoms with van der Waals surface area (Å²) in [5.74, 6) is 0.919. The van der Waals surface area contributed by atoms with Gasteiger partial charge in [-0.25, -0.2) is 0 Å². The van der Waals surface area contributed by atoms with Gasteiger partial charge < -0.3 is 15.0 Å². The van der Waals surface area contributed by atoms with E-state index in [-0.39, 0.29) is 0 Å². The van der Waals surface area contributed by atoms with Crippen molar-refractivity contribution in [1.82, 2.24) is 10.2 Å². The third-order valence-corrected chi connectivity index (χ3v) is 5.07. The minimum Gasteiger partial charge on any atom is -0.383 e. The van der Waals surface area contributed by atoms with E-state index in [1.54, 1.807) is 7.11 Å². The third kappa shape index (κ3) is 7.62. The first kappa shape index (κ1) is 18.9. The predicted molar refractivity (Wildman–Crippen MR) is 91.8 cm³/mol. The highest BCUT2D eigenvalue weighted by atomic mass is 16.5. The fourth-order valence-corrected chi connectivity index (χ4v) is 3.58. The van der Waals surface area contributed by atoms with Crippen molar-refractivity contribution in [2.75, 3.05) is 46.9 Å². The monoisotopic (exact) mass is 298 g/mol.